The highest BCUT2D eigenvalue weighted by molar-refractivity contribution is 6.67. The molecule has 0 fully saturated rings. The Morgan fingerprint density at radius 2 is 1.09 bits per heavy atom. The second-order valence-corrected chi connectivity index (χ2v) is 12.0. The molecule has 0 unspecified atom stereocenters. The Balaban J connectivity index is 0.000000152. The molecule has 13 heteroatoms. The third-order valence-electron chi connectivity index (χ3n) is 8.29. The third-order valence-corrected chi connectivity index (χ3v) is 8.51. The van der Waals surface area contributed by atoms with Crippen LogP contribution < -0.4 is 21.7 Å². The Morgan fingerprint density at radius 3 is 1.60 bits per heavy atom. The minimum absolute atomic E-state index is 0.136. The summed E-state index contributed by atoms with van der Waals surface area (Å²) < 4.78 is 25.2. The average Bonchev–Trinajstić information content (AvgIpc) is 3.77. The van der Waals surface area contributed by atoms with Gasteiger partial charge in [0.05, 0.1) is 11.1 Å². The SMILES string of the molecule is Nc1ncc(-c2ccccc2)c2c1C(=O)NC2.O=C(Cl)c1ccc(F)cc1.O=C(Nc1ncc(-c2ccccc2)c2c1C(=O)NC2)c1ccc(F)cc1. The Kier molecular flexibility index (Phi) is 10.9. The molecule has 0 saturated heterocycles. The number of carbonyl (C=O) groups is 4. The molecule has 264 valence electrons. The van der Waals surface area contributed by atoms with Crippen molar-refractivity contribution in [2.45, 2.75) is 13.1 Å². The van der Waals surface area contributed by atoms with Gasteiger partial charge in [0, 0.05) is 47.7 Å². The largest absolute Gasteiger partial charge is 0.383 e. The lowest BCUT2D eigenvalue weighted by Gasteiger charge is -2.11. The van der Waals surface area contributed by atoms with Crippen molar-refractivity contribution in [1.29, 1.82) is 0 Å². The van der Waals surface area contributed by atoms with Gasteiger partial charge in [0.25, 0.3) is 23.0 Å². The lowest BCUT2D eigenvalue weighted by Crippen LogP contribution is -2.18. The molecule has 2 aromatic heterocycles. The molecule has 10 nitrogen and oxygen atoms in total. The van der Waals surface area contributed by atoms with Crippen molar-refractivity contribution >= 4 is 46.2 Å². The predicted octanol–water partition coefficient (Wildman–Crippen LogP) is 7.16. The first kappa shape index (κ1) is 36.0. The number of hydrogen-bond donors (Lipinski definition) is 4. The van der Waals surface area contributed by atoms with Crippen molar-refractivity contribution in [2.24, 2.45) is 0 Å². The first-order valence-corrected chi connectivity index (χ1v) is 16.5. The molecule has 4 heterocycles. The van der Waals surface area contributed by atoms with E-state index in [-0.39, 0.29) is 29.0 Å². The summed E-state index contributed by atoms with van der Waals surface area (Å²) in [6.07, 6.45) is 3.37. The van der Waals surface area contributed by atoms with E-state index in [1.54, 1.807) is 12.4 Å². The summed E-state index contributed by atoms with van der Waals surface area (Å²) in [7, 11) is 0. The monoisotopic (exact) mass is 730 g/mol. The third kappa shape index (κ3) is 8.24. The molecule has 2 aliphatic rings. The van der Waals surface area contributed by atoms with E-state index in [1.165, 1.54) is 48.5 Å². The van der Waals surface area contributed by atoms with E-state index in [2.05, 4.69) is 25.9 Å². The van der Waals surface area contributed by atoms with Gasteiger partial charge < -0.3 is 21.7 Å². The summed E-state index contributed by atoms with van der Waals surface area (Å²) in [4.78, 5) is 55.1. The number of hydrogen-bond acceptors (Lipinski definition) is 7. The number of pyridine rings is 2. The van der Waals surface area contributed by atoms with Gasteiger partial charge >= 0.3 is 0 Å². The molecular weight excluding hydrogens is 702 g/mol. The van der Waals surface area contributed by atoms with Crippen LogP contribution >= 0.6 is 11.6 Å². The maximum atomic E-state index is 13.0. The van der Waals surface area contributed by atoms with Crippen LogP contribution in [0.3, 0.4) is 0 Å². The van der Waals surface area contributed by atoms with Crippen LogP contribution in [0.15, 0.2) is 122 Å². The molecule has 4 aromatic carbocycles. The zero-order valence-electron chi connectivity index (χ0n) is 27.7. The summed E-state index contributed by atoms with van der Waals surface area (Å²) in [5.41, 5.74) is 12.8. The number of nitrogens with two attached hydrogens (primary N) is 1. The molecule has 0 atom stereocenters. The van der Waals surface area contributed by atoms with Crippen molar-refractivity contribution < 1.29 is 28.0 Å². The Morgan fingerprint density at radius 1 is 0.642 bits per heavy atom. The number of anilines is 2. The van der Waals surface area contributed by atoms with Crippen LogP contribution in [0.1, 0.15) is 52.6 Å². The van der Waals surface area contributed by atoms with Crippen LogP contribution in [-0.4, -0.2) is 32.9 Å². The lowest BCUT2D eigenvalue weighted by atomic mass is 9.99. The number of carbonyl (C=O) groups excluding carboxylic acids is 4. The fourth-order valence-corrected chi connectivity index (χ4v) is 5.81. The number of nitrogens with zero attached hydrogens (tertiary/aromatic N) is 2. The van der Waals surface area contributed by atoms with Crippen LogP contribution in [0.4, 0.5) is 20.4 Å². The number of halogens is 3. The Labute approximate surface area is 307 Å². The van der Waals surface area contributed by atoms with Crippen LogP contribution in [0, 0.1) is 11.6 Å². The Bertz CT molecular complexity index is 2330. The number of amides is 3. The first-order valence-electron chi connectivity index (χ1n) is 16.1. The van der Waals surface area contributed by atoms with Gasteiger partial charge in [0.15, 0.2) is 0 Å². The van der Waals surface area contributed by atoms with E-state index in [1.807, 2.05) is 60.7 Å². The van der Waals surface area contributed by atoms with E-state index < -0.39 is 17.0 Å². The molecule has 53 heavy (non-hydrogen) atoms. The summed E-state index contributed by atoms with van der Waals surface area (Å²) >= 11 is 5.09. The van der Waals surface area contributed by atoms with Gasteiger partial charge in [-0.2, -0.15) is 0 Å². The van der Waals surface area contributed by atoms with Gasteiger partial charge in [-0.05, 0) is 82.4 Å². The maximum absolute atomic E-state index is 13.0. The zero-order chi connectivity index (χ0) is 37.5. The Hall–Kier alpha value is -6.79. The highest BCUT2D eigenvalue weighted by Crippen LogP contribution is 2.33. The normalized spacial score (nSPS) is 12.1. The summed E-state index contributed by atoms with van der Waals surface area (Å²) in [6, 6.07) is 29.7. The number of aromatic nitrogens is 2. The van der Waals surface area contributed by atoms with Crippen molar-refractivity contribution in [3.05, 3.63) is 167 Å². The maximum Gasteiger partial charge on any atom is 0.256 e. The number of benzene rings is 4. The quantitative estimate of drug-likeness (QED) is 0.137. The van der Waals surface area contributed by atoms with Gasteiger partial charge in [0.1, 0.15) is 23.3 Å². The minimum atomic E-state index is -0.569. The number of nitrogen functional groups attached to an aromatic ring is 1. The highest BCUT2D eigenvalue weighted by Gasteiger charge is 2.28. The molecule has 5 N–H and O–H groups in total. The number of fused-ring (bicyclic) bond motifs is 2. The van der Waals surface area contributed by atoms with Gasteiger partial charge in [-0.1, -0.05) is 60.7 Å². The fourth-order valence-electron chi connectivity index (χ4n) is 5.68. The summed E-state index contributed by atoms with van der Waals surface area (Å²) in [6.45, 7) is 0.894. The summed E-state index contributed by atoms with van der Waals surface area (Å²) in [5, 5.41) is 7.64. The second-order valence-electron chi connectivity index (χ2n) is 11.6. The van der Waals surface area contributed by atoms with Gasteiger partial charge in [-0.3, -0.25) is 19.2 Å². The molecule has 0 radical (unpaired) electrons. The minimum Gasteiger partial charge on any atom is -0.383 e. The van der Waals surface area contributed by atoms with Crippen molar-refractivity contribution in [3.8, 4) is 22.3 Å². The van der Waals surface area contributed by atoms with E-state index >= 15 is 0 Å². The lowest BCUT2D eigenvalue weighted by molar-refractivity contribution is 0.0957. The van der Waals surface area contributed by atoms with E-state index in [4.69, 9.17) is 17.3 Å². The van der Waals surface area contributed by atoms with Crippen LogP contribution in [0.25, 0.3) is 22.3 Å². The molecule has 8 rings (SSSR count). The van der Waals surface area contributed by atoms with Gasteiger partial charge in [-0.25, -0.2) is 18.7 Å². The predicted molar refractivity (Wildman–Crippen MR) is 197 cm³/mol. The smallest absolute Gasteiger partial charge is 0.256 e. The fraction of sp³-hybridized carbons (Fsp3) is 0.0500. The van der Waals surface area contributed by atoms with E-state index in [9.17, 15) is 28.0 Å². The van der Waals surface area contributed by atoms with E-state index in [0.717, 1.165) is 33.4 Å². The van der Waals surface area contributed by atoms with Crippen LogP contribution in [0.5, 0.6) is 0 Å². The molecule has 0 spiro atoms. The molecule has 6 aromatic rings. The number of nitrogens with one attached hydrogen (secondary N) is 3. The average molecular weight is 731 g/mol. The second kappa shape index (κ2) is 16.0. The molecule has 0 aliphatic carbocycles. The van der Waals surface area contributed by atoms with Gasteiger partial charge in [0.2, 0.25) is 0 Å². The first-order chi connectivity index (χ1) is 25.6. The van der Waals surface area contributed by atoms with Crippen molar-refractivity contribution in [1.82, 2.24) is 20.6 Å². The molecular formula is C40H29ClF2N6O4. The highest BCUT2D eigenvalue weighted by atomic mass is 35.5. The zero-order valence-corrected chi connectivity index (χ0v) is 28.5. The molecule has 0 saturated carbocycles. The summed E-state index contributed by atoms with van der Waals surface area (Å²) in [5.74, 6) is -1.16. The van der Waals surface area contributed by atoms with E-state index in [0.29, 0.717) is 35.6 Å². The van der Waals surface area contributed by atoms with Crippen LogP contribution in [0.2, 0.25) is 0 Å². The molecule has 2 aliphatic heterocycles. The standard InChI is InChI=1S/C20H14FN3O2.C13H11N3O.C7H4ClFO/c21-14-8-6-13(7-9-14)19(25)24-18-17-16(11-23-20(17)26)15(10-22-18)12-4-2-1-3-5-12;14-12-11-10(7-16-13(11)17)9(6-15-12)8-4-2-1-3-5-8;8-7(10)5-1-3-6(9)4-2-5/h1-10H,11H2,(H,23,26)(H,22,24,25);1-6H,7H2,(H2,14,15)(H,16,17);1-4H. The molecule has 0 bridgehead atoms. The van der Waals surface area contributed by atoms with Crippen LogP contribution in [-0.2, 0) is 13.1 Å². The van der Waals surface area contributed by atoms with Gasteiger partial charge in [-0.15, -0.1) is 0 Å². The molecule has 3 amide bonds. The topological polar surface area (TPSA) is 156 Å². The van der Waals surface area contributed by atoms with Crippen molar-refractivity contribution in [2.75, 3.05) is 11.1 Å². The van der Waals surface area contributed by atoms with Crippen molar-refractivity contribution in [3.63, 3.8) is 0 Å². The number of rotatable bonds is 5.